The summed E-state index contributed by atoms with van der Waals surface area (Å²) in [6, 6.07) is 5.37. The lowest BCUT2D eigenvalue weighted by Gasteiger charge is -2.24. The predicted molar refractivity (Wildman–Crippen MR) is 69.8 cm³/mol. The molecule has 6 heteroatoms. The fourth-order valence-corrected chi connectivity index (χ4v) is 2.15. The second kappa shape index (κ2) is 4.74. The van der Waals surface area contributed by atoms with E-state index in [1.54, 1.807) is 18.2 Å². The molecule has 1 rings (SSSR count). The van der Waals surface area contributed by atoms with Gasteiger partial charge in [0.05, 0.1) is 0 Å². The molecule has 2 nitrogen and oxygen atoms in total. The maximum absolute atomic E-state index is 10.3. The number of benzene rings is 1. The molecule has 0 atom stereocenters. The Hall–Kier alpha value is 0.0900. The minimum atomic E-state index is -1.03. The Kier molecular flexibility index (Phi) is 4.12. The monoisotopic (exact) mass is 263 g/mol. The van der Waals surface area contributed by atoms with E-state index in [0.717, 1.165) is 0 Å². The topological polar surface area (TPSA) is 29.1 Å². The normalized spacial score (nSPS) is 11.1. The maximum atomic E-state index is 10.3. The van der Waals surface area contributed by atoms with Gasteiger partial charge in [0, 0.05) is 15.4 Å². The van der Waals surface area contributed by atoms with Crippen LogP contribution in [-0.2, 0) is 9.00 Å². The Bertz CT molecular complexity index is 353. The van der Waals surface area contributed by atoms with Crippen molar-refractivity contribution in [3.05, 3.63) is 23.8 Å². The van der Waals surface area contributed by atoms with E-state index in [0.29, 0.717) is 21.8 Å². The van der Waals surface area contributed by atoms with Crippen LogP contribution in [0.5, 0.6) is 0 Å². The van der Waals surface area contributed by atoms with Crippen molar-refractivity contribution < 1.29 is 4.79 Å². The van der Waals surface area contributed by atoms with Gasteiger partial charge in [-0.05, 0) is 6.07 Å². The molecule has 0 unspecified atom stereocenters. The summed E-state index contributed by atoms with van der Waals surface area (Å²) >= 11 is 16.9. The van der Waals surface area contributed by atoms with E-state index in [9.17, 15) is 4.79 Å². The highest BCUT2D eigenvalue weighted by Gasteiger charge is 2.24. The number of hydrogen-bond donors (Lipinski definition) is 5. The van der Waals surface area contributed by atoms with Crippen LogP contribution in [0.25, 0.3) is 0 Å². The third-order valence-corrected chi connectivity index (χ3v) is 3.42. The lowest BCUT2D eigenvalue weighted by atomic mass is 10.2. The van der Waals surface area contributed by atoms with Crippen molar-refractivity contribution in [2.75, 3.05) is 0 Å². The highest BCUT2D eigenvalue weighted by molar-refractivity contribution is 7.99. The first-order valence-corrected chi connectivity index (χ1v) is 5.45. The molecule has 0 aromatic heterocycles. The molecule has 0 aliphatic carbocycles. The molecule has 1 N–H and O–H groups in total. The summed E-state index contributed by atoms with van der Waals surface area (Å²) in [4.78, 5) is 11.7. The van der Waals surface area contributed by atoms with Gasteiger partial charge in [-0.1, -0.05) is 12.1 Å². The van der Waals surface area contributed by atoms with E-state index in [1.165, 1.54) is 0 Å². The highest BCUT2D eigenvalue weighted by Crippen LogP contribution is 2.36. The number of nitrogens with one attached hydrogen (secondary N) is 1. The number of amides is 1. The van der Waals surface area contributed by atoms with Crippen LogP contribution in [0.1, 0.15) is 5.56 Å². The van der Waals surface area contributed by atoms with E-state index >= 15 is 0 Å². The minimum absolute atomic E-state index is 0.540. The van der Waals surface area contributed by atoms with Gasteiger partial charge in [0.2, 0.25) is 6.41 Å². The SMILES string of the molecule is O=CNC(S)(S)c1cccc(S)c1S. The lowest BCUT2D eigenvalue weighted by Crippen LogP contribution is -2.31. The van der Waals surface area contributed by atoms with Gasteiger partial charge < -0.3 is 5.32 Å². The standard InChI is InChI=1S/C8H9NOS4/c10-4-9-8(13,14)5-2-1-3-6(11)7(5)12/h1-4,11-14H,(H,9,10). The molecule has 0 aliphatic rings. The molecular weight excluding hydrogens is 254 g/mol. The largest absolute Gasteiger partial charge is 0.332 e. The second-order valence-corrected chi connectivity index (χ2v) is 5.23. The first-order chi connectivity index (χ1) is 6.49. The highest BCUT2D eigenvalue weighted by atomic mass is 32.2. The number of thiol groups is 4. The number of carbonyl (C=O) groups is 1. The molecule has 0 spiro atoms. The van der Waals surface area contributed by atoms with Crippen molar-refractivity contribution >= 4 is 56.9 Å². The lowest BCUT2D eigenvalue weighted by molar-refractivity contribution is -0.109. The van der Waals surface area contributed by atoms with Gasteiger partial charge in [0.25, 0.3) is 0 Å². The molecule has 14 heavy (non-hydrogen) atoms. The van der Waals surface area contributed by atoms with E-state index < -0.39 is 4.20 Å². The molecule has 0 fully saturated rings. The molecule has 1 aromatic rings. The van der Waals surface area contributed by atoms with Gasteiger partial charge in [-0.25, -0.2) is 0 Å². The Balaban J connectivity index is 3.18. The molecule has 0 radical (unpaired) electrons. The molecule has 1 amide bonds. The first kappa shape index (κ1) is 12.2. The Labute approximate surface area is 104 Å². The van der Waals surface area contributed by atoms with Gasteiger partial charge in [0.1, 0.15) is 0 Å². The third-order valence-electron chi connectivity index (χ3n) is 1.65. The summed E-state index contributed by atoms with van der Waals surface area (Å²) < 4.78 is -1.03. The second-order valence-electron chi connectivity index (χ2n) is 2.61. The Morgan fingerprint density at radius 2 is 1.93 bits per heavy atom. The van der Waals surface area contributed by atoms with Crippen molar-refractivity contribution in [2.45, 2.75) is 14.0 Å². The van der Waals surface area contributed by atoms with Crippen molar-refractivity contribution in [3.8, 4) is 0 Å². The van der Waals surface area contributed by atoms with Crippen LogP contribution in [0.2, 0.25) is 0 Å². The predicted octanol–water partition coefficient (Wildman–Crippen LogP) is 1.98. The average Bonchev–Trinajstić information content (AvgIpc) is 2.09. The maximum Gasteiger partial charge on any atom is 0.209 e. The Morgan fingerprint density at radius 1 is 1.29 bits per heavy atom. The van der Waals surface area contributed by atoms with Crippen LogP contribution in [-0.4, -0.2) is 6.41 Å². The first-order valence-electron chi connectivity index (χ1n) is 3.66. The molecule has 0 aliphatic heterocycles. The van der Waals surface area contributed by atoms with Crippen LogP contribution in [0, 0.1) is 0 Å². The molecule has 76 valence electrons. The average molecular weight is 263 g/mol. The van der Waals surface area contributed by atoms with Gasteiger partial charge in [-0.3, -0.25) is 4.79 Å². The Morgan fingerprint density at radius 3 is 2.50 bits per heavy atom. The summed E-state index contributed by atoms with van der Waals surface area (Å²) in [5, 5.41) is 2.47. The van der Waals surface area contributed by atoms with Crippen molar-refractivity contribution in [1.82, 2.24) is 5.32 Å². The fourth-order valence-electron chi connectivity index (χ4n) is 0.973. The fraction of sp³-hybridized carbons (Fsp3) is 0.125. The minimum Gasteiger partial charge on any atom is -0.332 e. The van der Waals surface area contributed by atoms with E-state index in [4.69, 9.17) is 0 Å². The van der Waals surface area contributed by atoms with Crippen molar-refractivity contribution in [3.63, 3.8) is 0 Å². The number of rotatable bonds is 3. The van der Waals surface area contributed by atoms with Crippen molar-refractivity contribution in [1.29, 1.82) is 0 Å². The van der Waals surface area contributed by atoms with E-state index in [2.05, 4.69) is 55.8 Å². The van der Waals surface area contributed by atoms with Crippen molar-refractivity contribution in [2.24, 2.45) is 0 Å². The summed E-state index contributed by atoms with van der Waals surface area (Å²) in [5.41, 5.74) is 0.687. The molecule has 1 aromatic carbocycles. The van der Waals surface area contributed by atoms with E-state index in [-0.39, 0.29) is 0 Å². The molecule has 0 heterocycles. The number of hydrogen-bond acceptors (Lipinski definition) is 5. The van der Waals surface area contributed by atoms with Gasteiger partial charge in [-0.2, -0.15) is 0 Å². The zero-order valence-corrected chi connectivity index (χ0v) is 10.6. The molecular formula is C8H9NOS4. The summed E-state index contributed by atoms with van der Waals surface area (Å²) in [5.74, 6) is 0. The smallest absolute Gasteiger partial charge is 0.209 e. The third kappa shape index (κ3) is 2.56. The van der Waals surface area contributed by atoms with Crippen LogP contribution in [0.15, 0.2) is 28.0 Å². The van der Waals surface area contributed by atoms with Gasteiger partial charge in [-0.15, -0.1) is 50.5 Å². The van der Waals surface area contributed by atoms with Crippen LogP contribution < -0.4 is 5.32 Å². The molecule has 0 bridgehead atoms. The summed E-state index contributed by atoms with van der Waals surface area (Å²) in [7, 11) is 0. The molecule has 0 saturated carbocycles. The van der Waals surface area contributed by atoms with Gasteiger partial charge >= 0.3 is 0 Å². The van der Waals surface area contributed by atoms with Crippen LogP contribution in [0.4, 0.5) is 0 Å². The zero-order valence-electron chi connectivity index (χ0n) is 7.01. The molecule has 0 saturated heterocycles. The summed E-state index contributed by atoms with van der Waals surface area (Å²) in [6.07, 6.45) is 0.540. The quantitative estimate of drug-likeness (QED) is 0.322. The summed E-state index contributed by atoms with van der Waals surface area (Å²) in [6.45, 7) is 0. The zero-order chi connectivity index (χ0) is 10.8. The number of carbonyl (C=O) groups excluding carboxylic acids is 1. The van der Waals surface area contributed by atoms with Crippen LogP contribution >= 0.6 is 50.5 Å². The van der Waals surface area contributed by atoms with Gasteiger partial charge in [0.15, 0.2) is 4.20 Å². The van der Waals surface area contributed by atoms with Crippen LogP contribution in [0.3, 0.4) is 0 Å². The van der Waals surface area contributed by atoms with E-state index in [1.807, 2.05) is 0 Å².